The molecule has 2 rings (SSSR count). The van der Waals surface area contributed by atoms with Crippen molar-refractivity contribution in [1.82, 2.24) is 10.2 Å². The number of hydrogen-bond donors (Lipinski definition) is 1. The Morgan fingerprint density at radius 3 is 2.18 bits per heavy atom. The first-order chi connectivity index (χ1) is 17.6. The third kappa shape index (κ3) is 8.25. The van der Waals surface area contributed by atoms with E-state index >= 15 is 0 Å². The van der Waals surface area contributed by atoms with Crippen LogP contribution in [-0.4, -0.2) is 50.0 Å². The maximum absolute atomic E-state index is 13.7. The van der Waals surface area contributed by atoms with Crippen LogP contribution in [0.4, 0.5) is 18.9 Å². The van der Waals surface area contributed by atoms with Crippen molar-refractivity contribution in [1.29, 1.82) is 0 Å². The second-order valence-corrected chi connectivity index (χ2v) is 11.5. The van der Waals surface area contributed by atoms with Crippen LogP contribution in [0.3, 0.4) is 0 Å². The number of amides is 2. The van der Waals surface area contributed by atoms with Crippen LogP contribution in [0.1, 0.15) is 44.7 Å². The van der Waals surface area contributed by atoms with Gasteiger partial charge in [0.05, 0.1) is 22.5 Å². The van der Waals surface area contributed by atoms with Gasteiger partial charge >= 0.3 is 6.18 Å². The highest BCUT2D eigenvalue weighted by atomic mass is 35.5. The molecule has 0 saturated heterocycles. The van der Waals surface area contributed by atoms with E-state index in [1.807, 2.05) is 6.92 Å². The predicted octanol–water partition coefficient (Wildman–Crippen LogP) is 5.50. The summed E-state index contributed by atoms with van der Waals surface area (Å²) < 4.78 is 66.0. The molecule has 2 aromatic carbocycles. The van der Waals surface area contributed by atoms with E-state index in [1.165, 1.54) is 4.90 Å². The van der Waals surface area contributed by atoms with Crippen molar-refractivity contribution in [3.8, 4) is 0 Å². The Morgan fingerprint density at radius 2 is 1.66 bits per heavy atom. The normalized spacial score (nSPS) is 13.5. The average Bonchev–Trinajstić information content (AvgIpc) is 2.82. The van der Waals surface area contributed by atoms with Gasteiger partial charge in [0.25, 0.3) is 0 Å². The first-order valence-electron chi connectivity index (χ1n) is 11.8. The highest BCUT2D eigenvalue weighted by Crippen LogP contribution is 2.36. The molecular weight excluding hydrogens is 566 g/mol. The van der Waals surface area contributed by atoms with Crippen LogP contribution < -0.4 is 9.62 Å². The van der Waals surface area contributed by atoms with Crippen molar-refractivity contribution in [2.24, 2.45) is 0 Å². The van der Waals surface area contributed by atoms with E-state index in [9.17, 15) is 31.2 Å². The zero-order valence-electron chi connectivity index (χ0n) is 21.4. The number of nitrogens with one attached hydrogen (secondary N) is 1. The summed E-state index contributed by atoms with van der Waals surface area (Å²) in [7, 11) is -4.28. The zero-order chi connectivity index (χ0) is 28.8. The number of halogens is 5. The highest BCUT2D eigenvalue weighted by Gasteiger charge is 2.35. The smallest absolute Gasteiger partial charge is 0.352 e. The van der Waals surface area contributed by atoms with Crippen molar-refractivity contribution in [3.05, 3.63) is 63.6 Å². The summed E-state index contributed by atoms with van der Waals surface area (Å²) in [4.78, 5) is 28.0. The summed E-state index contributed by atoms with van der Waals surface area (Å²) in [5.41, 5.74) is -1.14. The molecule has 0 aliphatic carbocycles. The third-order valence-electron chi connectivity index (χ3n) is 5.91. The van der Waals surface area contributed by atoms with Crippen LogP contribution >= 0.6 is 23.2 Å². The Kier molecular flexibility index (Phi) is 10.9. The van der Waals surface area contributed by atoms with Crippen LogP contribution in [-0.2, 0) is 32.3 Å². The van der Waals surface area contributed by atoms with Gasteiger partial charge < -0.3 is 10.2 Å². The SMILES string of the molecule is CC[C@@H](C)NC(=O)[C@@H](CC)N(Cc1ccccc1Cl)C(=O)CN(c1cc(C(F)(F)F)ccc1Cl)S(C)(=O)=O. The number of carbonyl (C=O) groups excluding carboxylic acids is 2. The number of sulfonamides is 1. The fraction of sp³-hybridized carbons (Fsp3) is 0.440. The van der Waals surface area contributed by atoms with Gasteiger partial charge in [-0.1, -0.05) is 55.2 Å². The lowest BCUT2D eigenvalue weighted by molar-refractivity contribution is -0.140. The quantitative estimate of drug-likeness (QED) is 0.371. The molecule has 0 heterocycles. The van der Waals surface area contributed by atoms with Gasteiger partial charge in [0.1, 0.15) is 12.6 Å². The lowest BCUT2D eigenvalue weighted by Gasteiger charge is -2.33. The summed E-state index contributed by atoms with van der Waals surface area (Å²) in [6, 6.07) is 7.63. The molecule has 0 aromatic heterocycles. The molecule has 13 heteroatoms. The molecule has 2 aromatic rings. The first-order valence-corrected chi connectivity index (χ1v) is 14.4. The van der Waals surface area contributed by atoms with Crippen LogP contribution in [0.2, 0.25) is 10.0 Å². The molecule has 2 atom stereocenters. The molecule has 1 N–H and O–H groups in total. The summed E-state index contributed by atoms with van der Waals surface area (Å²) in [6.07, 6.45) is -3.20. The summed E-state index contributed by atoms with van der Waals surface area (Å²) >= 11 is 12.4. The zero-order valence-corrected chi connectivity index (χ0v) is 23.7. The Labute approximate surface area is 230 Å². The fourth-order valence-electron chi connectivity index (χ4n) is 3.65. The largest absolute Gasteiger partial charge is 0.416 e. The molecule has 7 nitrogen and oxygen atoms in total. The van der Waals surface area contributed by atoms with Crippen molar-refractivity contribution in [2.45, 2.75) is 58.4 Å². The average molecular weight is 596 g/mol. The van der Waals surface area contributed by atoms with E-state index in [1.54, 1.807) is 38.1 Å². The van der Waals surface area contributed by atoms with Gasteiger partial charge in [-0.3, -0.25) is 13.9 Å². The standard InChI is InChI=1S/C25H30Cl2F3N3O4S/c1-5-16(3)31-24(35)21(6-2)32(14-17-9-7-8-10-19(17)26)23(34)15-33(38(4,36)37)22-13-18(25(28,29)30)11-12-20(22)27/h7-13,16,21H,5-6,14-15H2,1-4H3,(H,31,35)/t16-,21-/m1/s1. The molecule has 0 bridgehead atoms. The van der Waals surface area contributed by atoms with Crippen molar-refractivity contribution >= 4 is 50.7 Å². The van der Waals surface area contributed by atoms with Gasteiger partial charge in [-0.05, 0) is 49.6 Å². The minimum absolute atomic E-state index is 0.140. The number of benzene rings is 2. The monoisotopic (exact) mass is 595 g/mol. The molecule has 0 aliphatic rings. The minimum atomic E-state index is -4.77. The van der Waals surface area contributed by atoms with E-state index in [2.05, 4.69) is 5.32 Å². The molecule has 0 aliphatic heterocycles. The van der Waals surface area contributed by atoms with Gasteiger partial charge in [-0.2, -0.15) is 13.2 Å². The Hall–Kier alpha value is -2.50. The van der Waals surface area contributed by atoms with Crippen molar-refractivity contribution < 1.29 is 31.2 Å². The maximum Gasteiger partial charge on any atom is 0.416 e. The minimum Gasteiger partial charge on any atom is -0.352 e. The maximum atomic E-state index is 13.7. The number of rotatable bonds is 11. The van der Waals surface area contributed by atoms with E-state index < -0.39 is 51.9 Å². The highest BCUT2D eigenvalue weighted by molar-refractivity contribution is 7.92. The van der Waals surface area contributed by atoms with Gasteiger partial charge in [0, 0.05) is 17.6 Å². The van der Waals surface area contributed by atoms with Crippen LogP contribution in [0, 0.1) is 0 Å². The second kappa shape index (κ2) is 13.0. The van der Waals surface area contributed by atoms with Crippen molar-refractivity contribution in [2.75, 3.05) is 17.1 Å². The number of carbonyl (C=O) groups is 2. The number of nitrogens with zero attached hydrogens (tertiary/aromatic N) is 2. The van der Waals surface area contributed by atoms with Crippen LogP contribution in [0.15, 0.2) is 42.5 Å². The summed E-state index contributed by atoms with van der Waals surface area (Å²) in [5.74, 6) is -1.28. The number of anilines is 1. The second-order valence-electron chi connectivity index (χ2n) is 8.79. The molecule has 0 fully saturated rings. The molecular formula is C25H30Cl2F3N3O4S. The van der Waals surface area contributed by atoms with Crippen molar-refractivity contribution in [3.63, 3.8) is 0 Å². The van der Waals surface area contributed by atoms with Gasteiger partial charge in [0.15, 0.2) is 0 Å². The van der Waals surface area contributed by atoms with Gasteiger partial charge in [0.2, 0.25) is 21.8 Å². The van der Waals surface area contributed by atoms with Crippen LogP contribution in [0.5, 0.6) is 0 Å². The van der Waals surface area contributed by atoms with E-state index in [0.29, 0.717) is 33.4 Å². The fourth-order valence-corrected chi connectivity index (χ4v) is 4.96. The van der Waals surface area contributed by atoms with E-state index in [0.717, 1.165) is 12.3 Å². The Bertz CT molecular complexity index is 1260. The molecule has 0 unspecified atom stereocenters. The first kappa shape index (κ1) is 31.7. The Morgan fingerprint density at radius 1 is 1.03 bits per heavy atom. The third-order valence-corrected chi connectivity index (χ3v) is 7.72. The van der Waals surface area contributed by atoms with Gasteiger partial charge in [-0.25, -0.2) is 8.42 Å². The van der Waals surface area contributed by atoms with E-state index in [-0.39, 0.29) is 24.0 Å². The van der Waals surface area contributed by atoms with Gasteiger partial charge in [-0.15, -0.1) is 0 Å². The summed E-state index contributed by atoms with van der Waals surface area (Å²) in [5, 5.41) is 2.85. The molecule has 0 radical (unpaired) electrons. The molecule has 0 spiro atoms. The molecule has 38 heavy (non-hydrogen) atoms. The van der Waals surface area contributed by atoms with E-state index in [4.69, 9.17) is 23.2 Å². The number of hydrogen-bond acceptors (Lipinski definition) is 4. The summed E-state index contributed by atoms with van der Waals surface area (Å²) in [6.45, 7) is 4.33. The van der Waals surface area contributed by atoms with Crippen LogP contribution in [0.25, 0.3) is 0 Å². The predicted molar refractivity (Wildman–Crippen MR) is 143 cm³/mol. The lowest BCUT2D eigenvalue weighted by Crippen LogP contribution is -2.53. The number of alkyl halides is 3. The topological polar surface area (TPSA) is 86.8 Å². The molecule has 0 saturated carbocycles. The Balaban J connectivity index is 2.56. The lowest BCUT2D eigenvalue weighted by atomic mass is 10.1. The molecule has 2 amide bonds. The molecule has 210 valence electrons.